The highest BCUT2D eigenvalue weighted by molar-refractivity contribution is 6.07. The Bertz CT molecular complexity index is 1030. The van der Waals surface area contributed by atoms with Crippen molar-refractivity contribution in [1.29, 1.82) is 0 Å². The molecule has 0 unspecified atom stereocenters. The fraction of sp³-hybridized carbons (Fsp3) is 0.250. The lowest BCUT2D eigenvalue weighted by Crippen LogP contribution is -2.44. The highest BCUT2D eigenvalue weighted by Gasteiger charge is 2.21. The summed E-state index contributed by atoms with van der Waals surface area (Å²) in [7, 11) is 2.11. The summed E-state index contributed by atoms with van der Waals surface area (Å²) >= 11 is 0. The first-order valence-electron chi connectivity index (χ1n) is 10.2. The Morgan fingerprint density at radius 1 is 1.03 bits per heavy atom. The van der Waals surface area contributed by atoms with Crippen LogP contribution in [0.1, 0.15) is 15.9 Å². The second-order valence-corrected chi connectivity index (χ2v) is 7.70. The van der Waals surface area contributed by atoms with Crippen LogP contribution in [0.5, 0.6) is 5.75 Å². The molecule has 1 amide bonds. The van der Waals surface area contributed by atoms with Crippen LogP contribution in [0.25, 0.3) is 0 Å². The van der Waals surface area contributed by atoms with Crippen LogP contribution < -0.4 is 9.80 Å². The zero-order valence-electron chi connectivity index (χ0n) is 17.4. The summed E-state index contributed by atoms with van der Waals surface area (Å²) in [6.45, 7) is 4.09. The maximum atomic E-state index is 13.4. The number of halogens is 1. The lowest BCUT2D eigenvalue weighted by atomic mass is 10.1. The van der Waals surface area contributed by atoms with E-state index in [-0.39, 0.29) is 29.6 Å². The molecule has 4 rings (SSSR count). The third kappa shape index (κ3) is 4.83. The Kier molecular flexibility index (Phi) is 6.13. The molecule has 3 aromatic rings. The summed E-state index contributed by atoms with van der Waals surface area (Å²) in [5, 5.41) is 10.2. The van der Waals surface area contributed by atoms with Gasteiger partial charge in [0.15, 0.2) is 0 Å². The normalized spacial score (nSPS) is 14.5. The van der Waals surface area contributed by atoms with E-state index in [0.717, 1.165) is 37.6 Å². The molecule has 0 spiro atoms. The average molecular weight is 420 g/mol. The number of benzene rings is 2. The number of para-hydroxylation sites is 1. The molecule has 0 radical (unpaired) electrons. The van der Waals surface area contributed by atoms with Gasteiger partial charge >= 0.3 is 0 Å². The lowest BCUT2D eigenvalue weighted by molar-refractivity contribution is 0.0982. The Labute approximate surface area is 181 Å². The van der Waals surface area contributed by atoms with Gasteiger partial charge in [0.05, 0.1) is 12.1 Å². The van der Waals surface area contributed by atoms with E-state index < -0.39 is 0 Å². The van der Waals surface area contributed by atoms with Crippen LogP contribution >= 0.6 is 0 Å². The number of piperazine rings is 1. The average Bonchev–Trinajstić information content (AvgIpc) is 2.79. The van der Waals surface area contributed by atoms with E-state index in [1.54, 1.807) is 36.5 Å². The molecule has 0 aliphatic carbocycles. The second kappa shape index (κ2) is 9.14. The molecular formula is C24H25FN4O2. The van der Waals surface area contributed by atoms with E-state index in [2.05, 4.69) is 21.8 Å². The predicted molar refractivity (Wildman–Crippen MR) is 119 cm³/mol. The van der Waals surface area contributed by atoms with Crippen molar-refractivity contribution in [2.45, 2.75) is 6.54 Å². The van der Waals surface area contributed by atoms with Gasteiger partial charge in [-0.1, -0.05) is 18.2 Å². The standard InChI is InChI=1S/C24H25FN4O2/c1-27-12-14-28(15-13-27)23-11-6-18(16-26-23)17-29(20-9-7-19(25)8-10-20)24(31)21-4-2-3-5-22(21)30/h2-11,16,30H,12-15,17H2,1H3. The number of phenols is 1. The molecule has 0 bridgehead atoms. The molecule has 160 valence electrons. The van der Waals surface area contributed by atoms with Crippen LogP contribution in [0.15, 0.2) is 66.9 Å². The monoisotopic (exact) mass is 420 g/mol. The number of amides is 1. The number of carbonyl (C=O) groups excluding carboxylic acids is 1. The van der Waals surface area contributed by atoms with Crippen molar-refractivity contribution >= 4 is 17.4 Å². The number of likely N-dealkylation sites (N-methyl/N-ethyl adjacent to an activating group) is 1. The first kappa shape index (κ1) is 20.8. The number of hydrogen-bond donors (Lipinski definition) is 1. The fourth-order valence-corrected chi connectivity index (χ4v) is 3.62. The highest BCUT2D eigenvalue weighted by atomic mass is 19.1. The molecular weight excluding hydrogens is 395 g/mol. The third-order valence-electron chi connectivity index (χ3n) is 5.49. The Balaban J connectivity index is 1.58. The van der Waals surface area contributed by atoms with Crippen molar-refractivity contribution in [2.24, 2.45) is 0 Å². The summed E-state index contributed by atoms with van der Waals surface area (Å²) in [5.74, 6) is 0.0742. The Morgan fingerprint density at radius 3 is 2.39 bits per heavy atom. The molecule has 1 saturated heterocycles. The van der Waals surface area contributed by atoms with E-state index in [9.17, 15) is 14.3 Å². The minimum Gasteiger partial charge on any atom is -0.507 e. The summed E-state index contributed by atoms with van der Waals surface area (Å²) in [4.78, 5) is 23.9. The van der Waals surface area contributed by atoms with Crippen LogP contribution in [0.4, 0.5) is 15.9 Å². The number of aromatic nitrogens is 1. The molecule has 0 atom stereocenters. The lowest BCUT2D eigenvalue weighted by Gasteiger charge is -2.33. The van der Waals surface area contributed by atoms with Crippen molar-refractivity contribution in [1.82, 2.24) is 9.88 Å². The van der Waals surface area contributed by atoms with Crippen LogP contribution in [0, 0.1) is 5.82 Å². The van der Waals surface area contributed by atoms with Crippen LogP contribution in [0.2, 0.25) is 0 Å². The minimum absolute atomic E-state index is 0.0943. The number of nitrogens with zero attached hydrogens (tertiary/aromatic N) is 4. The van der Waals surface area contributed by atoms with E-state index in [1.807, 2.05) is 12.1 Å². The van der Waals surface area contributed by atoms with Gasteiger partial charge in [-0.05, 0) is 55.1 Å². The van der Waals surface area contributed by atoms with Crippen LogP contribution in [0.3, 0.4) is 0 Å². The van der Waals surface area contributed by atoms with Crippen LogP contribution in [-0.2, 0) is 6.54 Å². The molecule has 7 heteroatoms. The number of pyridine rings is 1. The third-order valence-corrected chi connectivity index (χ3v) is 5.49. The van der Waals surface area contributed by atoms with Gasteiger partial charge in [0.2, 0.25) is 0 Å². The number of phenolic OH excluding ortho intramolecular Hbond substituents is 1. The Morgan fingerprint density at radius 2 is 1.74 bits per heavy atom. The molecule has 1 aliphatic rings. The fourth-order valence-electron chi connectivity index (χ4n) is 3.62. The maximum absolute atomic E-state index is 13.4. The van der Waals surface area contributed by atoms with Crippen molar-refractivity contribution in [3.05, 3.63) is 83.8 Å². The van der Waals surface area contributed by atoms with Gasteiger partial charge in [-0.25, -0.2) is 9.37 Å². The second-order valence-electron chi connectivity index (χ2n) is 7.70. The number of hydrogen-bond acceptors (Lipinski definition) is 5. The molecule has 6 nitrogen and oxygen atoms in total. The maximum Gasteiger partial charge on any atom is 0.262 e. The van der Waals surface area contributed by atoms with Crippen molar-refractivity contribution in [2.75, 3.05) is 43.0 Å². The summed E-state index contributed by atoms with van der Waals surface area (Å²) in [6, 6.07) is 16.1. The summed E-state index contributed by atoms with van der Waals surface area (Å²) < 4.78 is 13.4. The molecule has 0 saturated carbocycles. The number of anilines is 2. The zero-order valence-corrected chi connectivity index (χ0v) is 17.4. The SMILES string of the molecule is CN1CCN(c2ccc(CN(C(=O)c3ccccc3O)c3ccc(F)cc3)cn2)CC1. The first-order valence-corrected chi connectivity index (χ1v) is 10.2. The molecule has 2 aromatic carbocycles. The van der Waals surface area contributed by atoms with Crippen molar-refractivity contribution in [3.63, 3.8) is 0 Å². The smallest absolute Gasteiger partial charge is 0.262 e. The van der Waals surface area contributed by atoms with E-state index in [4.69, 9.17) is 0 Å². The first-order chi connectivity index (χ1) is 15.0. The predicted octanol–water partition coefficient (Wildman–Crippen LogP) is 3.53. The van der Waals surface area contributed by atoms with Crippen molar-refractivity contribution in [3.8, 4) is 5.75 Å². The van der Waals surface area contributed by atoms with Crippen molar-refractivity contribution < 1.29 is 14.3 Å². The molecule has 1 aliphatic heterocycles. The highest BCUT2D eigenvalue weighted by Crippen LogP contribution is 2.25. The minimum atomic E-state index is -0.378. The number of carbonyl (C=O) groups is 1. The van der Waals surface area contributed by atoms with E-state index in [1.165, 1.54) is 23.1 Å². The molecule has 1 fully saturated rings. The molecule has 1 N–H and O–H groups in total. The van der Waals surface area contributed by atoms with E-state index in [0.29, 0.717) is 5.69 Å². The van der Waals surface area contributed by atoms with Gasteiger partial charge in [-0.2, -0.15) is 0 Å². The van der Waals surface area contributed by atoms with Gasteiger partial charge in [0.25, 0.3) is 5.91 Å². The van der Waals surface area contributed by atoms with Crippen LogP contribution in [-0.4, -0.2) is 54.1 Å². The Hall–Kier alpha value is -3.45. The number of aromatic hydroxyl groups is 1. The largest absolute Gasteiger partial charge is 0.507 e. The molecule has 2 heterocycles. The zero-order chi connectivity index (χ0) is 21.8. The summed E-state index contributed by atoms with van der Waals surface area (Å²) in [6.07, 6.45) is 1.77. The molecule has 1 aromatic heterocycles. The van der Waals surface area contributed by atoms with Gasteiger partial charge in [-0.3, -0.25) is 4.79 Å². The van der Waals surface area contributed by atoms with Gasteiger partial charge in [0, 0.05) is 38.1 Å². The topological polar surface area (TPSA) is 59.9 Å². The quantitative estimate of drug-likeness (QED) is 0.684. The number of rotatable bonds is 5. The van der Waals surface area contributed by atoms with Gasteiger partial charge in [-0.15, -0.1) is 0 Å². The van der Waals surface area contributed by atoms with Gasteiger partial charge < -0.3 is 19.8 Å². The van der Waals surface area contributed by atoms with E-state index >= 15 is 0 Å². The molecule has 31 heavy (non-hydrogen) atoms. The summed E-state index contributed by atoms with van der Waals surface area (Å²) in [5.41, 5.74) is 1.57. The van der Waals surface area contributed by atoms with Gasteiger partial charge in [0.1, 0.15) is 17.4 Å².